The molecule has 2 N–H and O–H groups in total. The van der Waals surface area contributed by atoms with E-state index in [2.05, 4.69) is 31.3 Å². The smallest absolute Gasteiger partial charge is 0.144 e. The van der Waals surface area contributed by atoms with Crippen LogP contribution < -0.4 is 10.2 Å². The van der Waals surface area contributed by atoms with Crippen LogP contribution in [0.1, 0.15) is 5.82 Å². The molecule has 0 bridgehead atoms. The van der Waals surface area contributed by atoms with Gasteiger partial charge in [0, 0.05) is 18.9 Å². The number of aromatic amines is 1. The van der Waals surface area contributed by atoms with Crippen LogP contribution in [0.25, 0.3) is 11.0 Å². The van der Waals surface area contributed by atoms with E-state index in [0.29, 0.717) is 6.54 Å². The summed E-state index contributed by atoms with van der Waals surface area (Å²) in [5, 5.41) is 3.05. The Morgan fingerprint density at radius 1 is 1.25 bits per heavy atom. The molecule has 0 saturated heterocycles. The van der Waals surface area contributed by atoms with Crippen LogP contribution in [-0.2, 0) is 6.54 Å². The number of benzene rings is 1. The van der Waals surface area contributed by atoms with E-state index in [1.54, 1.807) is 12.5 Å². The molecule has 0 aliphatic carbocycles. The number of nitrogens with zero attached hydrogens (tertiary/aromatic N) is 4. The highest BCUT2D eigenvalue weighted by Crippen LogP contribution is 2.24. The van der Waals surface area contributed by atoms with Crippen molar-refractivity contribution in [2.45, 2.75) is 6.54 Å². The van der Waals surface area contributed by atoms with Crippen LogP contribution in [0.5, 0.6) is 0 Å². The van der Waals surface area contributed by atoms with Crippen LogP contribution in [-0.4, -0.2) is 34.0 Å². The molecule has 2 aromatic heterocycles. The zero-order chi connectivity index (χ0) is 13.9. The molecule has 0 fully saturated rings. The molecular weight excluding hydrogens is 252 g/mol. The molecule has 0 radical (unpaired) electrons. The van der Waals surface area contributed by atoms with Crippen molar-refractivity contribution in [2.75, 3.05) is 19.0 Å². The molecule has 102 valence electrons. The van der Waals surface area contributed by atoms with Gasteiger partial charge in [-0.05, 0) is 31.3 Å². The summed E-state index contributed by atoms with van der Waals surface area (Å²) in [5.41, 5.74) is 3.02. The molecule has 0 aliphatic heterocycles. The second kappa shape index (κ2) is 5.26. The first kappa shape index (κ1) is 12.6. The van der Waals surface area contributed by atoms with E-state index in [1.807, 2.05) is 37.2 Å². The summed E-state index contributed by atoms with van der Waals surface area (Å²) in [6.45, 7) is 0.654. The number of rotatable bonds is 4. The minimum atomic E-state index is 0.654. The second-order valence-electron chi connectivity index (χ2n) is 4.52. The molecule has 3 aromatic rings. The van der Waals surface area contributed by atoms with E-state index in [9.17, 15) is 0 Å². The maximum absolute atomic E-state index is 4.53. The molecule has 6 heteroatoms. The molecule has 1 aromatic carbocycles. The lowest BCUT2D eigenvalue weighted by Gasteiger charge is -2.18. The number of aromatic nitrogens is 4. The largest absolute Gasteiger partial charge is 0.345 e. The number of anilines is 2. The number of hydrogen-bond donors (Lipinski definition) is 2. The van der Waals surface area contributed by atoms with Crippen LogP contribution in [0.2, 0.25) is 0 Å². The van der Waals surface area contributed by atoms with Gasteiger partial charge < -0.3 is 15.2 Å². The number of fused-ring (bicyclic) bond motifs is 1. The summed E-state index contributed by atoms with van der Waals surface area (Å²) in [6.07, 6.45) is 3.48. The van der Waals surface area contributed by atoms with Crippen molar-refractivity contribution >= 4 is 22.5 Å². The van der Waals surface area contributed by atoms with Gasteiger partial charge >= 0.3 is 0 Å². The summed E-state index contributed by atoms with van der Waals surface area (Å²) in [5.74, 6) is 1.64. The minimum absolute atomic E-state index is 0.654. The van der Waals surface area contributed by atoms with Crippen molar-refractivity contribution in [1.29, 1.82) is 0 Å². The third kappa shape index (κ3) is 2.33. The molecule has 0 spiro atoms. The van der Waals surface area contributed by atoms with E-state index < -0.39 is 0 Å². The Balaban J connectivity index is 1.94. The molecule has 0 unspecified atom stereocenters. The molecule has 6 nitrogen and oxygen atoms in total. The lowest BCUT2D eigenvalue weighted by molar-refractivity contribution is 0.757. The van der Waals surface area contributed by atoms with E-state index >= 15 is 0 Å². The van der Waals surface area contributed by atoms with Crippen LogP contribution in [0, 0.1) is 0 Å². The average Bonchev–Trinajstić information content (AvgIpc) is 2.94. The Hall–Kier alpha value is -2.47. The summed E-state index contributed by atoms with van der Waals surface area (Å²) in [4.78, 5) is 18.1. The lowest BCUT2D eigenvalue weighted by Crippen LogP contribution is -2.15. The second-order valence-corrected chi connectivity index (χ2v) is 4.52. The topological polar surface area (TPSA) is 69.7 Å². The average molecular weight is 268 g/mol. The predicted octanol–water partition coefficient (Wildman–Crippen LogP) is 1.84. The highest BCUT2D eigenvalue weighted by Gasteiger charge is 2.08. The van der Waals surface area contributed by atoms with E-state index in [1.165, 1.54) is 0 Å². The minimum Gasteiger partial charge on any atom is -0.345 e. The molecule has 0 atom stereocenters. The Morgan fingerprint density at radius 2 is 2.15 bits per heavy atom. The number of hydrogen-bond acceptors (Lipinski definition) is 5. The van der Waals surface area contributed by atoms with Gasteiger partial charge in [-0.2, -0.15) is 0 Å². The SMILES string of the molecule is CNCc1nccc(N(C)c2ccc3nc[nH]c3c2)n1. The van der Waals surface area contributed by atoms with E-state index in [-0.39, 0.29) is 0 Å². The summed E-state index contributed by atoms with van der Waals surface area (Å²) in [7, 11) is 3.87. The van der Waals surface area contributed by atoms with Crippen molar-refractivity contribution in [1.82, 2.24) is 25.3 Å². The van der Waals surface area contributed by atoms with Crippen molar-refractivity contribution in [3.05, 3.63) is 42.6 Å². The first-order valence-electron chi connectivity index (χ1n) is 6.41. The fourth-order valence-electron chi connectivity index (χ4n) is 2.08. The maximum atomic E-state index is 4.53. The summed E-state index contributed by atoms with van der Waals surface area (Å²) >= 11 is 0. The third-order valence-electron chi connectivity index (χ3n) is 3.16. The van der Waals surface area contributed by atoms with Crippen molar-refractivity contribution < 1.29 is 0 Å². The summed E-state index contributed by atoms with van der Waals surface area (Å²) < 4.78 is 0. The summed E-state index contributed by atoms with van der Waals surface area (Å²) in [6, 6.07) is 7.98. The molecule has 0 amide bonds. The van der Waals surface area contributed by atoms with Crippen LogP contribution in [0.15, 0.2) is 36.8 Å². The monoisotopic (exact) mass is 268 g/mol. The zero-order valence-electron chi connectivity index (χ0n) is 11.5. The maximum Gasteiger partial charge on any atom is 0.144 e. The fraction of sp³-hybridized carbons (Fsp3) is 0.214. The molecule has 2 heterocycles. The van der Waals surface area contributed by atoms with E-state index in [4.69, 9.17) is 0 Å². The quantitative estimate of drug-likeness (QED) is 0.755. The van der Waals surface area contributed by atoms with Crippen molar-refractivity contribution in [2.24, 2.45) is 0 Å². The van der Waals surface area contributed by atoms with Crippen LogP contribution >= 0.6 is 0 Å². The standard InChI is InChI=1S/C14H16N6/c1-15-8-13-16-6-5-14(19-13)20(2)10-3-4-11-12(7-10)18-9-17-11/h3-7,9,15H,8H2,1-2H3,(H,17,18). The molecule has 3 rings (SSSR count). The first-order chi connectivity index (χ1) is 9.78. The molecule has 0 aliphatic rings. The van der Waals surface area contributed by atoms with Crippen LogP contribution in [0.4, 0.5) is 11.5 Å². The Bertz CT molecular complexity index is 720. The molecule has 0 saturated carbocycles. The fourth-order valence-corrected chi connectivity index (χ4v) is 2.08. The first-order valence-corrected chi connectivity index (χ1v) is 6.41. The zero-order valence-corrected chi connectivity index (χ0v) is 11.5. The van der Waals surface area contributed by atoms with Gasteiger partial charge in [0.2, 0.25) is 0 Å². The Labute approximate surface area is 116 Å². The number of imidazole rings is 1. The van der Waals surface area contributed by atoms with Gasteiger partial charge in [0.1, 0.15) is 11.6 Å². The molecule has 20 heavy (non-hydrogen) atoms. The number of H-pyrrole nitrogens is 1. The third-order valence-corrected chi connectivity index (χ3v) is 3.16. The van der Waals surface area contributed by atoms with Gasteiger partial charge in [-0.25, -0.2) is 15.0 Å². The Morgan fingerprint density at radius 3 is 3.00 bits per heavy atom. The lowest BCUT2D eigenvalue weighted by atomic mass is 10.2. The van der Waals surface area contributed by atoms with Crippen LogP contribution in [0.3, 0.4) is 0 Å². The highest BCUT2D eigenvalue weighted by molar-refractivity contribution is 5.80. The number of nitrogens with one attached hydrogen (secondary N) is 2. The van der Waals surface area contributed by atoms with Gasteiger partial charge in [0.05, 0.1) is 23.9 Å². The van der Waals surface area contributed by atoms with Crippen molar-refractivity contribution in [3.63, 3.8) is 0 Å². The van der Waals surface area contributed by atoms with Gasteiger partial charge in [-0.1, -0.05) is 0 Å². The highest BCUT2D eigenvalue weighted by atomic mass is 15.2. The van der Waals surface area contributed by atoms with Gasteiger partial charge in [-0.3, -0.25) is 0 Å². The van der Waals surface area contributed by atoms with Gasteiger partial charge in [-0.15, -0.1) is 0 Å². The Kier molecular flexibility index (Phi) is 3.30. The van der Waals surface area contributed by atoms with Crippen molar-refractivity contribution in [3.8, 4) is 0 Å². The molecular formula is C14H16N6. The normalized spacial score (nSPS) is 10.9. The predicted molar refractivity (Wildman–Crippen MR) is 79.0 cm³/mol. The van der Waals surface area contributed by atoms with Gasteiger partial charge in [0.15, 0.2) is 0 Å². The van der Waals surface area contributed by atoms with E-state index in [0.717, 1.165) is 28.4 Å². The van der Waals surface area contributed by atoms with Gasteiger partial charge in [0.25, 0.3) is 0 Å².